The maximum atomic E-state index is 9.29. The van der Waals surface area contributed by atoms with Crippen molar-refractivity contribution in [1.29, 1.82) is 0 Å². The summed E-state index contributed by atoms with van der Waals surface area (Å²) in [4.78, 5) is 0. The molecule has 22 heavy (non-hydrogen) atoms. The second-order valence-electron chi connectivity index (χ2n) is 1.77. The molecule has 0 aromatic rings. The Morgan fingerprint density at radius 1 is 0.455 bits per heavy atom. The Hall–Kier alpha value is 5.47. The van der Waals surface area contributed by atoms with E-state index >= 15 is 0 Å². The second-order valence-corrected chi connectivity index (χ2v) is 6.12. The van der Waals surface area contributed by atoms with Crippen molar-refractivity contribution in [2.24, 2.45) is 0 Å². The van der Waals surface area contributed by atoms with Crippen LogP contribution >= 0.6 is 0 Å². The molecule has 14 nitrogen and oxygen atoms in total. The van der Waals surface area contributed by atoms with Crippen LogP contribution in [0.3, 0.4) is 0 Å². The normalized spacial score (nSPS) is 11.1. The Labute approximate surface area is 276 Å². The van der Waals surface area contributed by atoms with Crippen LogP contribution in [0.25, 0.3) is 0 Å². The molecule has 0 unspecified atom stereocenters. The van der Waals surface area contributed by atoms with Gasteiger partial charge in [0.2, 0.25) is 41.6 Å². The first-order chi connectivity index (χ1) is 7.41. The van der Waals surface area contributed by atoms with Crippen molar-refractivity contribution in [2.75, 3.05) is 0 Å². The van der Waals surface area contributed by atoms with Crippen LogP contribution in [0.5, 0.6) is 0 Å². The maximum Gasteiger partial charge on any atom is 1.00 e. The molecule has 0 aliphatic rings. The summed E-state index contributed by atoms with van der Waals surface area (Å²) in [6.07, 6.45) is 0. The van der Waals surface area contributed by atoms with E-state index in [9.17, 15) is 51.9 Å². The summed E-state index contributed by atoms with van der Waals surface area (Å²) in [5, 5.41) is 0. The standard InChI is InChI=1S/3K.Na.2H2O7S2/c;;;;2*1-8(2,3)7-9(4,5)6/h;;;;2*(H,1,2,3)(H,4,5,6)/q4*+1;;/p-4. The monoisotopic (exact) mass is 492 g/mol. The molecule has 0 atom stereocenters. The molecule has 22 heteroatoms. The van der Waals surface area contributed by atoms with Gasteiger partial charge in [0.25, 0.3) is 0 Å². The Kier molecular flexibility index (Phi) is 32.9. The van der Waals surface area contributed by atoms with Crippen LogP contribution in [0, 0.1) is 0 Å². The molecule has 0 aromatic carbocycles. The van der Waals surface area contributed by atoms with E-state index in [0.717, 1.165) is 0 Å². The molecule has 0 heterocycles. The number of rotatable bonds is 4. The number of hydrogen-bond donors (Lipinski definition) is 0. The van der Waals surface area contributed by atoms with Gasteiger partial charge in [-0.1, -0.05) is 0 Å². The first-order valence-corrected chi connectivity index (χ1v) is 8.00. The molecule has 0 aliphatic heterocycles. The molecule has 0 saturated heterocycles. The minimum Gasteiger partial charge on any atom is -0.725 e. The van der Waals surface area contributed by atoms with Crippen molar-refractivity contribution in [3.8, 4) is 0 Å². The first-order valence-electron chi connectivity index (χ1n) is 2.67. The average molecular weight is 493 g/mol. The van der Waals surface area contributed by atoms with Crippen molar-refractivity contribution in [3.05, 3.63) is 0 Å². The molecular weight excluding hydrogens is 493 g/mol. The van der Waals surface area contributed by atoms with Gasteiger partial charge in [-0.05, 0) is 0 Å². The summed E-state index contributed by atoms with van der Waals surface area (Å²) >= 11 is 0. The second kappa shape index (κ2) is 17.3. The largest absolute Gasteiger partial charge is 1.00 e. The summed E-state index contributed by atoms with van der Waals surface area (Å²) in [5.41, 5.74) is 0. The average Bonchev–Trinajstić information content (AvgIpc) is 1.64. The summed E-state index contributed by atoms with van der Waals surface area (Å²) in [7, 11) is -21.7. The Morgan fingerprint density at radius 3 is 0.545 bits per heavy atom. The predicted molar refractivity (Wildman–Crippen MR) is 41.0 cm³/mol. The predicted octanol–water partition coefficient (Wildman–Crippen LogP) is -16.1. The van der Waals surface area contributed by atoms with Crippen molar-refractivity contribution >= 4 is 41.6 Å². The van der Waals surface area contributed by atoms with Gasteiger partial charge in [-0.3, -0.25) is 0 Å². The van der Waals surface area contributed by atoms with E-state index in [1.807, 2.05) is 0 Å². The zero-order chi connectivity index (χ0) is 15.4. The molecule has 0 spiro atoms. The van der Waals surface area contributed by atoms with Crippen LogP contribution in [-0.2, 0) is 48.9 Å². The van der Waals surface area contributed by atoms with Gasteiger partial charge in [0, 0.05) is 0 Å². The van der Waals surface area contributed by atoms with Crippen molar-refractivity contribution in [2.45, 2.75) is 0 Å². The van der Waals surface area contributed by atoms with Gasteiger partial charge in [-0.25, -0.2) is 33.7 Å². The van der Waals surface area contributed by atoms with Crippen LogP contribution in [0.2, 0.25) is 0 Å². The smallest absolute Gasteiger partial charge is 0.725 e. The molecule has 0 aromatic heterocycles. The first kappa shape index (κ1) is 41.8. The topological polar surface area (TPSA) is 247 Å². The van der Waals surface area contributed by atoms with E-state index in [2.05, 4.69) is 7.26 Å². The Balaban J connectivity index is -0.0000000492. The van der Waals surface area contributed by atoms with E-state index in [4.69, 9.17) is 0 Å². The summed E-state index contributed by atoms with van der Waals surface area (Å²) < 4.78 is 116. The molecule has 0 amide bonds. The Bertz CT molecular complexity index is 544. The summed E-state index contributed by atoms with van der Waals surface area (Å²) in [6.45, 7) is 0. The van der Waals surface area contributed by atoms with Gasteiger partial charge < -0.3 is 18.2 Å². The minimum absolute atomic E-state index is 0. The van der Waals surface area contributed by atoms with E-state index in [1.54, 1.807) is 0 Å². The van der Waals surface area contributed by atoms with Crippen LogP contribution in [0.4, 0.5) is 0 Å². The van der Waals surface area contributed by atoms with E-state index in [1.165, 1.54) is 0 Å². The van der Waals surface area contributed by atoms with Crippen molar-refractivity contribution < 1.29 is 243 Å². The third kappa shape index (κ3) is 50.0. The quantitative estimate of drug-likeness (QED) is 0.201. The third-order valence-electron chi connectivity index (χ3n) is 0.333. The van der Waals surface area contributed by atoms with Gasteiger partial charge in [0.1, 0.15) is 0 Å². The van der Waals surface area contributed by atoms with Crippen molar-refractivity contribution in [1.82, 2.24) is 0 Å². The molecule has 0 fully saturated rings. The third-order valence-corrected chi connectivity index (χ3v) is 3.00. The van der Waals surface area contributed by atoms with Gasteiger partial charge in [-0.2, -0.15) is 7.26 Å². The maximum absolute atomic E-state index is 9.29. The molecule has 0 bridgehead atoms. The minimum atomic E-state index is -5.43. The molecular formula is K3NaO14S4. The molecule has 0 saturated carbocycles. The summed E-state index contributed by atoms with van der Waals surface area (Å²) in [5.74, 6) is 0. The van der Waals surface area contributed by atoms with Gasteiger partial charge >= 0.3 is 184 Å². The van der Waals surface area contributed by atoms with Crippen LogP contribution < -0.4 is 184 Å². The molecule has 0 aliphatic carbocycles. The Morgan fingerprint density at radius 2 is 0.545 bits per heavy atom. The molecule has 0 N–H and O–H groups in total. The van der Waals surface area contributed by atoms with Crippen LogP contribution in [-0.4, -0.2) is 51.9 Å². The van der Waals surface area contributed by atoms with E-state index in [0.29, 0.717) is 0 Å². The fourth-order valence-corrected chi connectivity index (χ4v) is 1.84. The van der Waals surface area contributed by atoms with Crippen LogP contribution in [0.1, 0.15) is 0 Å². The zero-order valence-corrected chi connectivity index (χ0v) is 26.0. The molecule has 112 valence electrons. The van der Waals surface area contributed by atoms with Gasteiger partial charge in [0.05, 0.1) is 0 Å². The fourth-order valence-electron chi connectivity index (χ4n) is 0.204. The molecule has 0 rings (SSSR count). The SMILES string of the molecule is O=S(=O)([O-])OS(=O)(=O)[O-].O=S(=O)([O-])OS(=O)(=O)[O-].[K+].[K+].[K+].[Na+]. The summed E-state index contributed by atoms with van der Waals surface area (Å²) in [6, 6.07) is 0. The number of hydrogen-bond acceptors (Lipinski definition) is 14. The van der Waals surface area contributed by atoms with E-state index in [-0.39, 0.29) is 184 Å². The van der Waals surface area contributed by atoms with Gasteiger partial charge in [0.15, 0.2) is 0 Å². The van der Waals surface area contributed by atoms with Crippen LogP contribution in [0.15, 0.2) is 0 Å². The van der Waals surface area contributed by atoms with Crippen molar-refractivity contribution in [3.63, 3.8) is 0 Å². The molecule has 0 radical (unpaired) electrons. The van der Waals surface area contributed by atoms with Gasteiger partial charge in [-0.15, -0.1) is 0 Å². The zero-order valence-electron chi connectivity index (χ0n) is 11.3. The van der Waals surface area contributed by atoms with E-state index < -0.39 is 41.6 Å². The fraction of sp³-hybridized carbons (Fsp3) is 0.